The minimum atomic E-state index is -3.74. The Labute approximate surface area is 171 Å². The van der Waals surface area contributed by atoms with E-state index in [2.05, 4.69) is 10.6 Å². The number of nitrogens with zero attached hydrogens (tertiary/aromatic N) is 1. The molecule has 0 aliphatic carbocycles. The van der Waals surface area contributed by atoms with E-state index < -0.39 is 34.5 Å². The normalized spacial score (nSPS) is 11.2. The molecule has 0 saturated carbocycles. The van der Waals surface area contributed by atoms with Crippen LogP contribution in [0.15, 0.2) is 23.1 Å². The van der Waals surface area contributed by atoms with Gasteiger partial charge >= 0.3 is 12.0 Å². The third kappa shape index (κ3) is 7.13. The summed E-state index contributed by atoms with van der Waals surface area (Å²) in [5.41, 5.74) is 0.546. The number of aryl methyl sites for hydroxylation is 1. The highest BCUT2D eigenvalue weighted by Gasteiger charge is 2.24. The number of unbranched alkanes of at least 4 members (excludes halogenated alkanes) is 1. The summed E-state index contributed by atoms with van der Waals surface area (Å²) in [4.78, 5) is 35.6. The molecule has 0 saturated heterocycles. The second kappa shape index (κ2) is 11.5. The molecule has 0 atom stereocenters. The number of amides is 3. The Morgan fingerprint density at radius 1 is 1.10 bits per heavy atom. The largest absolute Gasteiger partial charge is 0.452 e. The second-order valence-corrected chi connectivity index (χ2v) is 8.24. The standard InChI is InChI=1S/C19H29N3O6S/c1-5-8-11-20-19(25)21-17(23)13-28-18(24)16-12-15(10-9-14(16)4)29(26,27)22(6-2)7-3/h9-10,12H,5-8,11,13H2,1-4H3,(H2,20,21,23,25). The highest BCUT2D eigenvalue weighted by atomic mass is 32.2. The van der Waals surface area contributed by atoms with Gasteiger partial charge in [-0.05, 0) is 31.0 Å². The van der Waals surface area contributed by atoms with E-state index in [-0.39, 0.29) is 10.5 Å². The van der Waals surface area contributed by atoms with Crippen LogP contribution in [0.2, 0.25) is 0 Å². The molecule has 29 heavy (non-hydrogen) atoms. The number of nitrogens with one attached hydrogen (secondary N) is 2. The second-order valence-electron chi connectivity index (χ2n) is 6.30. The van der Waals surface area contributed by atoms with Gasteiger partial charge < -0.3 is 10.1 Å². The first kappa shape index (κ1) is 24.6. The molecule has 1 aromatic rings. The van der Waals surface area contributed by atoms with Gasteiger partial charge in [0.25, 0.3) is 5.91 Å². The summed E-state index contributed by atoms with van der Waals surface area (Å²) in [6.07, 6.45) is 1.68. The number of benzene rings is 1. The lowest BCUT2D eigenvalue weighted by Crippen LogP contribution is -2.41. The maximum Gasteiger partial charge on any atom is 0.338 e. The van der Waals surface area contributed by atoms with Crippen LogP contribution in [0.25, 0.3) is 0 Å². The van der Waals surface area contributed by atoms with Crippen LogP contribution in [-0.4, -0.2) is 56.9 Å². The molecule has 0 spiro atoms. The zero-order chi connectivity index (χ0) is 22.0. The lowest BCUT2D eigenvalue weighted by Gasteiger charge is -2.19. The van der Waals surface area contributed by atoms with Crippen molar-refractivity contribution >= 4 is 27.9 Å². The average molecular weight is 428 g/mol. The van der Waals surface area contributed by atoms with Crippen LogP contribution in [0.5, 0.6) is 0 Å². The van der Waals surface area contributed by atoms with Crippen molar-refractivity contribution in [2.75, 3.05) is 26.2 Å². The monoisotopic (exact) mass is 427 g/mol. The van der Waals surface area contributed by atoms with Crippen molar-refractivity contribution in [1.29, 1.82) is 0 Å². The van der Waals surface area contributed by atoms with E-state index in [0.29, 0.717) is 25.2 Å². The van der Waals surface area contributed by atoms with E-state index in [9.17, 15) is 22.8 Å². The lowest BCUT2D eigenvalue weighted by atomic mass is 10.1. The number of carbonyl (C=O) groups is 3. The number of imide groups is 1. The third-order valence-corrected chi connectivity index (χ3v) is 6.22. The molecular weight excluding hydrogens is 398 g/mol. The van der Waals surface area contributed by atoms with Gasteiger partial charge in [-0.1, -0.05) is 33.3 Å². The van der Waals surface area contributed by atoms with Gasteiger partial charge in [0, 0.05) is 19.6 Å². The van der Waals surface area contributed by atoms with Gasteiger partial charge in [-0.2, -0.15) is 4.31 Å². The van der Waals surface area contributed by atoms with Crippen LogP contribution in [0.3, 0.4) is 0 Å². The molecule has 0 heterocycles. The van der Waals surface area contributed by atoms with Crippen molar-refractivity contribution in [1.82, 2.24) is 14.9 Å². The Bertz CT molecular complexity index is 834. The first-order chi connectivity index (χ1) is 13.7. The quantitative estimate of drug-likeness (QED) is 0.434. The van der Waals surface area contributed by atoms with E-state index in [1.807, 2.05) is 6.92 Å². The van der Waals surface area contributed by atoms with Crippen molar-refractivity contribution in [3.05, 3.63) is 29.3 Å². The molecule has 0 aliphatic rings. The summed E-state index contributed by atoms with van der Waals surface area (Å²) < 4.78 is 31.5. The highest BCUT2D eigenvalue weighted by molar-refractivity contribution is 7.89. The van der Waals surface area contributed by atoms with E-state index in [0.717, 1.165) is 12.8 Å². The first-order valence-electron chi connectivity index (χ1n) is 9.52. The maximum atomic E-state index is 12.6. The lowest BCUT2D eigenvalue weighted by molar-refractivity contribution is -0.123. The minimum Gasteiger partial charge on any atom is -0.452 e. The van der Waals surface area contributed by atoms with Gasteiger partial charge in [0.05, 0.1) is 10.5 Å². The summed E-state index contributed by atoms with van der Waals surface area (Å²) in [7, 11) is -3.74. The van der Waals surface area contributed by atoms with Crippen molar-refractivity contribution in [2.24, 2.45) is 0 Å². The Balaban J connectivity index is 2.80. The van der Waals surface area contributed by atoms with Crippen LogP contribution in [0.1, 0.15) is 49.5 Å². The fourth-order valence-corrected chi connectivity index (χ4v) is 3.97. The molecule has 2 N–H and O–H groups in total. The van der Waals surface area contributed by atoms with Gasteiger partial charge in [0.15, 0.2) is 6.61 Å². The molecule has 3 amide bonds. The molecule has 0 aliphatic heterocycles. The molecule has 0 radical (unpaired) electrons. The van der Waals surface area contributed by atoms with E-state index in [4.69, 9.17) is 4.74 Å². The number of ether oxygens (including phenoxy) is 1. The number of carbonyl (C=O) groups excluding carboxylic acids is 3. The SMILES string of the molecule is CCCCNC(=O)NC(=O)COC(=O)c1cc(S(=O)(=O)N(CC)CC)ccc1C. The van der Waals surface area contributed by atoms with E-state index >= 15 is 0 Å². The number of urea groups is 1. The predicted molar refractivity (Wildman–Crippen MR) is 108 cm³/mol. The molecule has 9 nitrogen and oxygen atoms in total. The fraction of sp³-hybridized carbons (Fsp3) is 0.526. The van der Waals surface area contributed by atoms with Crippen molar-refractivity contribution in [3.63, 3.8) is 0 Å². The minimum absolute atomic E-state index is 0.0292. The fourth-order valence-electron chi connectivity index (χ4n) is 2.49. The zero-order valence-electron chi connectivity index (χ0n) is 17.3. The van der Waals surface area contributed by atoms with Crippen LogP contribution >= 0.6 is 0 Å². The molecule has 1 rings (SSSR count). The zero-order valence-corrected chi connectivity index (χ0v) is 18.1. The van der Waals surface area contributed by atoms with Gasteiger partial charge in [-0.3, -0.25) is 10.1 Å². The van der Waals surface area contributed by atoms with Crippen LogP contribution < -0.4 is 10.6 Å². The number of sulfonamides is 1. The summed E-state index contributed by atoms with van der Waals surface area (Å²) in [5.74, 6) is -1.63. The topological polar surface area (TPSA) is 122 Å². The number of hydrogen-bond donors (Lipinski definition) is 2. The Kier molecular flexibility index (Phi) is 9.76. The summed E-state index contributed by atoms with van der Waals surface area (Å²) in [6, 6.07) is 3.50. The Hall–Kier alpha value is -2.46. The Morgan fingerprint density at radius 2 is 1.76 bits per heavy atom. The van der Waals surface area contributed by atoms with Crippen LogP contribution in [0, 0.1) is 6.92 Å². The third-order valence-electron chi connectivity index (χ3n) is 4.18. The summed E-state index contributed by atoms with van der Waals surface area (Å²) in [6.45, 7) is 7.41. The first-order valence-corrected chi connectivity index (χ1v) is 11.0. The number of rotatable bonds is 10. The van der Waals surface area contributed by atoms with Crippen molar-refractivity contribution < 1.29 is 27.5 Å². The van der Waals surface area contributed by atoms with Crippen molar-refractivity contribution in [2.45, 2.75) is 45.4 Å². The summed E-state index contributed by atoms with van der Waals surface area (Å²) in [5, 5.41) is 4.56. The highest BCUT2D eigenvalue weighted by Crippen LogP contribution is 2.20. The Morgan fingerprint density at radius 3 is 2.34 bits per heavy atom. The van der Waals surface area contributed by atoms with Gasteiger partial charge in [0.2, 0.25) is 10.0 Å². The van der Waals surface area contributed by atoms with Crippen molar-refractivity contribution in [3.8, 4) is 0 Å². The molecule has 0 unspecified atom stereocenters. The van der Waals surface area contributed by atoms with E-state index in [1.165, 1.54) is 22.5 Å². The molecule has 10 heteroatoms. The smallest absolute Gasteiger partial charge is 0.338 e. The molecule has 0 aromatic heterocycles. The maximum absolute atomic E-state index is 12.6. The van der Waals surface area contributed by atoms with Crippen LogP contribution in [0.4, 0.5) is 4.79 Å². The molecule has 0 bridgehead atoms. The number of hydrogen-bond acceptors (Lipinski definition) is 6. The molecular formula is C19H29N3O6S. The van der Waals surface area contributed by atoms with Crippen LogP contribution in [-0.2, 0) is 19.6 Å². The number of esters is 1. The predicted octanol–water partition coefficient (Wildman–Crippen LogP) is 1.81. The van der Waals surface area contributed by atoms with Gasteiger partial charge in [-0.15, -0.1) is 0 Å². The summed E-state index contributed by atoms with van der Waals surface area (Å²) >= 11 is 0. The molecule has 162 valence electrons. The molecule has 1 aromatic carbocycles. The average Bonchev–Trinajstić information content (AvgIpc) is 2.67. The molecule has 0 fully saturated rings. The van der Waals surface area contributed by atoms with Gasteiger partial charge in [0.1, 0.15) is 0 Å². The van der Waals surface area contributed by atoms with E-state index in [1.54, 1.807) is 20.8 Å². The van der Waals surface area contributed by atoms with Gasteiger partial charge in [-0.25, -0.2) is 18.0 Å².